The highest BCUT2D eigenvalue weighted by molar-refractivity contribution is 6.32. The molecule has 21 heavy (non-hydrogen) atoms. The van der Waals surface area contributed by atoms with Crippen molar-refractivity contribution in [2.24, 2.45) is 0 Å². The van der Waals surface area contributed by atoms with E-state index in [4.69, 9.17) is 16.3 Å². The van der Waals surface area contributed by atoms with Gasteiger partial charge in [0.15, 0.2) is 5.78 Å². The molecule has 0 bridgehead atoms. The maximum Gasteiger partial charge on any atom is 0.311 e. The highest BCUT2D eigenvalue weighted by Gasteiger charge is 2.18. The molecule has 0 unspecified atom stereocenters. The molecule has 2 aromatic carbocycles. The first-order chi connectivity index (χ1) is 9.88. The number of Topliss-reactive ketones (excluding diaryl/α,β-unsaturated/α-hetero) is 1. The molecule has 0 amide bonds. The summed E-state index contributed by atoms with van der Waals surface area (Å²) in [5.74, 6) is -0.901. The number of benzene rings is 2. The molecule has 0 spiro atoms. The predicted octanol–water partition coefficient (Wildman–Crippen LogP) is 4.38. The molecular formula is C14H9ClFNO4. The molecule has 0 heterocycles. The lowest BCUT2D eigenvalue weighted by Gasteiger charge is -2.09. The summed E-state index contributed by atoms with van der Waals surface area (Å²) in [6, 6.07) is 7.14. The fourth-order valence-corrected chi connectivity index (χ4v) is 1.85. The molecule has 5 nitrogen and oxygen atoms in total. The number of nitrogens with zero attached hydrogens (tertiary/aromatic N) is 1. The monoisotopic (exact) mass is 309 g/mol. The first-order valence-electron chi connectivity index (χ1n) is 5.81. The highest BCUT2D eigenvalue weighted by atomic mass is 35.5. The van der Waals surface area contributed by atoms with Crippen LogP contribution in [0, 0.1) is 15.9 Å². The summed E-state index contributed by atoms with van der Waals surface area (Å²) in [5.41, 5.74) is -0.0609. The zero-order valence-electron chi connectivity index (χ0n) is 10.8. The van der Waals surface area contributed by atoms with Crippen molar-refractivity contribution in [2.75, 3.05) is 0 Å². The molecule has 0 N–H and O–H groups in total. The molecule has 0 aliphatic heterocycles. The van der Waals surface area contributed by atoms with Crippen LogP contribution in [0.1, 0.15) is 17.3 Å². The molecule has 0 aliphatic rings. The summed E-state index contributed by atoms with van der Waals surface area (Å²) in [4.78, 5) is 21.7. The van der Waals surface area contributed by atoms with E-state index in [0.717, 1.165) is 12.1 Å². The quantitative estimate of drug-likeness (QED) is 0.477. The van der Waals surface area contributed by atoms with Crippen molar-refractivity contribution in [3.63, 3.8) is 0 Å². The van der Waals surface area contributed by atoms with Crippen LogP contribution in [0.5, 0.6) is 11.5 Å². The summed E-state index contributed by atoms with van der Waals surface area (Å²) >= 11 is 5.81. The zero-order valence-corrected chi connectivity index (χ0v) is 11.6. The van der Waals surface area contributed by atoms with Gasteiger partial charge in [-0.1, -0.05) is 11.6 Å². The smallest absolute Gasteiger partial charge is 0.311 e. The van der Waals surface area contributed by atoms with Crippen molar-refractivity contribution in [3.05, 3.63) is 62.9 Å². The summed E-state index contributed by atoms with van der Waals surface area (Å²) in [6.45, 7) is 1.33. The standard InChI is InChI=1S/C14H9ClFNO4/c1-8(18)9-2-4-12(17(19)20)14(6-9)21-13-5-3-10(16)7-11(13)15/h2-7H,1H3. The van der Waals surface area contributed by atoms with Crippen molar-refractivity contribution in [2.45, 2.75) is 6.92 Å². The molecule has 0 saturated heterocycles. The second-order valence-electron chi connectivity index (χ2n) is 4.17. The van der Waals surface area contributed by atoms with Gasteiger partial charge in [0.2, 0.25) is 5.75 Å². The number of halogens is 2. The van der Waals surface area contributed by atoms with Gasteiger partial charge < -0.3 is 4.74 Å². The Kier molecular flexibility index (Phi) is 4.18. The van der Waals surface area contributed by atoms with Crippen LogP contribution in [0.15, 0.2) is 36.4 Å². The lowest BCUT2D eigenvalue weighted by Crippen LogP contribution is -1.98. The van der Waals surface area contributed by atoms with Crippen molar-refractivity contribution >= 4 is 23.1 Å². The third kappa shape index (κ3) is 3.35. The van der Waals surface area contributed by atoms with Gasteiger partial charge in [0.05, 0.1) is 9.95 Å². The maximum atomic E-state index is 13.0. The maximum absolute atomic E-state index is 13.0. The molecular weight excluding hydrogens is 301 g/mol. The highest BCUT2D eigenvalue weighted by Crippen LogP contribution is 2.35. The molecule has 2 rings (SSSR count). The number of nitro benzene ring substituents is 1. The van der Waals surface area contributed by atoms with Gasteiger partial charge in [0, 0.05) is 11.6 Å². The Bertz CT molecular complexity index is 733. The fourth-order valence-electron chi connectivity index (χ4n) is 1.64. The van der Waals surface area contributed by atoms with E-state index in [2.05, 4.69) is 0 Å². The number of ketones is 1. The molecule has 0 aliphatic carbocycles. The van der Waals surface area contributed by atoms with Crippen LogP contribution in [0.25, 0.3) is 0 Å². The molecule has 108 valence electrons. The van der Waals surface area contributed by atoms with Crippen LogP contribution in [-0.2, 0) is 0 Å². The van der Waals surface area contributed by atoms with Gasteiger partial charge in [-0.15, -0.1) is 0 Å². The van der Waals surface area contributed by atoms with Crippen LogP contribution >= 0.6 is 11.6 Å². The van der Waals surface area contributed by atoms with E-state index in [0.29, 0.717) is 0 Å². The fraction of sp³-hybridized carbons (Fsp3) is 0.0714. The number of carbonyl (C=O) groups excluding carboxylic acids is 1. The van der Waals surface area contributed by atoms with Gasteiger partial charge in [0.1, 0.15) is 11.6 Å². The molecule has 2 aromatic rings. The van der Waals surface area contributed by atoms with E-state index in [9.17, 15) is 19.3 Å². The van der Waals surface area contributed by atoms with Gasteiger partial charge in [0.25, 0.3) is 0 Å². The predicted molar refractivity (Wildman–Crippen MR) is 74.6 cm³/mol. The minimum Gasteiger partial charge on any atom is -0.449 e. The Morgan fingerprint density at radius 3 is 2.52 bits per heavy atom. The average molecular weight is 310 g/mol. The number of hydrogen-bond donors (Lipinski definition) is 0. The van der Waals surface area contributed by atoms with E-state index in [1.165, 1.54) is 31.2 Å². The normalized spacial score (nSPS) is 10.2. The number of ether oxygens (including phenoxy) is 1. The van der Waals surface area contributed by atoms with E-state index in [-0.39, 0.29) is 33.6 Å². The minimum absolute atomic E-state index is 0.0301. The first-order valence-corrected chi connectivity index (χ1v) is 6.18. The Balaban J connectivity index is 2.48. The Hall–Kier alpha value is -2.47. The van der Waals surface area contributed by atoms with Crippen LogP contribution in [0.4, 0.5) is 10.1 Å². The largest absolute Gasteiger partial charge is 0.449 e. The van der Waals surface area contributed by atoms with Crippen LogP contribution in [0.3, 0.4) is 0 Å². The molecule has 7 heteroatoms. The number of rotatable bonds is 4. The van der Waals surface area contributed by atoms with Crippen molar-refractivity contribution in [1.29, 1.82) is 0 Å². The summed E-state index contributed by atoms with van der Waals surface area (Å²) in [6.07, 6.45) is 0. The Morgan fingerprint density at radius 2 is 1.95 bits per heavy atom. The average Bonchev–Trinajstić information content (AvgIpc) is 2.41. The number of carbonyl (C=O) groups is 1. The van der Waals surface area contributed by atoms with E-state index in [1.54, 1.807) is 0 Å². The second kappa shape index (κ2) is 5.88. The van der Waals surface area contributed by atoms with Crippen LogP contribution in [0.2, 0.25) is 5.02 Å². The first kappa shape index (κ1) is 14.9. The lowest BCUT2D eigenvalue weighted by atomic mass is 10.1. The third-order valence-corrected chi connectivity index (χ3v) is 2.97. The van der Waals surface area contributed by atoms with E-state index < -0.39 is 10.7 Å². The zero-order chi connectivity index (χ0) is 15.6. The van der Waals surface area contributed by atoms with Gasteiger partial charge in [-0.05, 0) is 37.3 Å². The van der Waals surface area contributed by atoms with Crippen LogP contribution in [-0.4, -0.2) is 10.7 Å². The summed E-state index contributed by atoms with van der Waals surface area (Å²) < 4.78 is 18.3. The van der Waals surface area contributed by atoms with E-state index in [1.807, 2.05) is 0 Å². The van der Waals surface area contributed by atoms with Gasteiger partial charge in [-0.2, -0.15) is 0 Å². The van der Waals surface area contributed by atoms with Gasteiger partial charge in [-0.25, -0.2) is 4.39 Å². The molecule has 0 aromatic heterocycles. The van der Waals surface area contributed by atoms with Crippen molar-refractivity contribution in [1.82, 2.24) is 0 Å². The Morgan fingerprint density at radius 1 is 1.24 bits per heavy atom. The topological polar surface area (TPSA) is 69.4 Å². The van der Waals surface area contributed by atoms with Crippen LogP contribution < -0.4 is 4.74 Å². The SMILES string of the molecule is CC(=O)c1ccc([N+](=O)[O-])c(Oc2ccc(F)cc2Cl)c1. The molecule has 0 atom stereocenters. The third-order valence-electron chi connectivity index (χ3n) is 2.68. The van der Waals surface area contributed by atoms with E-state index >= 15 is 0 Å². The van der Waals surface area contributed by atoms with Crippen molar-refractivity contribution in [3.8, 4) is 11.5 Å². The molecule has 0 radical (unpaired) electrons. The number of nitro groups is 1. The second-order valence-corrected chi connectivity index (χ2v) is 4.58. The summed E-state index contributed by atoms with van der Waals surface area (Å²) in [7, 11) is 0. The number of hydrogen-bond acceptors (Lipinski definition) is 4. The summed E-state index contributed by atoms with van der Waals surface area (Å²) in [5, 5.41) is 10.9. The Labute approximate surface area is 124 Å². The minimum atomic E-state index is -0.642. The van der Waals surface area contributed by atoms with Gasteiger partial charge in [-0.3, -0.25) is 14.9 Å². The van der Waals surface area contributed by atoms with Gasteiger partial charge >= 0.3 is 5.69 Å². The van der Waals surface area contributed by atoms with Crippen molar-refractivity contribution < 1.29 is 18.8 Å². The lowest BCUT2D eigenvalue weighted by molar-refractivity contribution is -0.385. The molecule has 0 saturated carbocycles. The molecule has 0 fully saturated rings.